The zero-order valence-electron chi connectivity index (χ0n) is 12.1. The monoisotopic (exact) mass is 351 g/mol. The fraction of sp³-hybridized carbons (Fsp3) is 0.0625. The predicted octanol–water partition coefficient (Wildman–Crippen LogP) is 2.76. The molecule has 0 unspecified atom stereocenters. The summed E-state index contributed by atoms with van der Waals surface area (Å²) in [7, 11) is -4.11. The predicted molar refractivity (Wildman–Crippen MR) is 83.6 cm³/mol. The number of halogens is 2. The summed E-state index contributed by atoms with van der Waals surface area (Å²) in [6.07, 6.45) is 0. The van der Waals surface area contributed by atoms with Crippen molar-refractivity contribution in [1.29, 1.82) is 0 Å². The lowest BCUT2D eigenvalue weighted by Gasteiger charge is -2.19. The zero-order chi connectivity index (χ0) is 17.5. The summed E-state index contributed by atoms with van der Waals surface area (Å²) in [6.45, 7) is 0. The van der Waals surface area contributed by atoms with E-state index in [0.717, 1.165) is 12.1 Å². The minimum Gasteiger partial charge on any atom is -0.506 e. The first-order valence-corrected chi connectivity index (χ1v) is 8.45. The van der Waals surface area contributed by atoms with Gasteiger partial charge in [-0.05, 0) is 17.7 Å². The van der Waals surface area contributed by atoms with E-state index in [0.29, 0.717) is 11.6 Å². The number of benzene rings is 2. The topological polar surface area (TPSA) is 83.5 Å². The highest BCUT2D eigenvalue weighted by Crippen LogP contribution is 2.33. The van der Waals surface area contributed by atoms with E-state index in [1.165, 1.54) is 12.1 Å². The molecule has 0 saturated heterocycles. The molecule has 1 aliphatic rings. The maximum atomic E-state index is 13.6. The summed E-state index contributed by atoms with van der Waals surface area (Å²) >= 11 is 0. The molecule has 2 aromatic rings. The van der Waals surface area contributed by atoms with Crippen molar-refractivity contribution in [3.05, 3.63) is 70.1 Å². The molecule has 0 spiro atoms. The van der Waals surface area contributed by atoms with Crippen molar-refractivity contribution in [2.45, 2.75) is 5.75 Å². The van der Waals surface area contributed by atoms with Crippen LogP contribution in [0.2, 0.25) is 0 Å². The van der Waals surface area contributed by atoms with Gasteiger partial charge in [-0.15, -0.1) is 0 Å². The van der Waals surface area contributed by atoms with E-state index in [1.54, 1.807) is 12.1 Å². The summed E-state index contributed by atoms with van der Waals surface area (Å²) in [5, 5.41) is 12.3. The van der Waals surface area contributed by atoms with Crippen molar-refractivity contribution >= 4 is 27.2 Å². The van der Waals surface area contributed by atoms with Crippen LogP contribution in [0.4, 0.5) is 14.5 Å². The molecule has 0 aromatic heterocycles. The molecule has 24 heavy (non-hydrogen) atoms. The summed E-state index contributed by atoms with van der Waals surface area (Å²) in [4.78, 5) is 11.4. The van der Waals surface area contributed by atoms with Gasteiger partial charge in [-0.25, -0.2) is 17.2 Å². The van der Waals surface area contributed by atoms with E-state index in [-0.39, 0.29) is 5.56 Å². The normalized spacial score (nSPS) is 15.8. The Hall–Kier alpha value is -2.74. The van der Waals surface area contributed by atoms with Crippen LogP contribution in [0.5, 0.6) is 0 Å². The van der Waals surface area contributed by atoms with Gasteiger partial charge in [-0.1, -0.05) is 24.3 Å². The molecular formula is C16H11F2NO4S. The van der Waals surface area contributed by atoms with E-state index in [1.807, 2.05) is 5.32 Å². The summed E-state index contributed by atoms with van der Waals surface area (Å²) in [6, 6.07) is 8.63. The van der Waals surface area contributed by atoms with Gasteiger partial charge in [0.25, 0.3) is 5.91 Å². The number of hydrogen-bond donors (Lipinski definition) is 2. The number of hydrogen-bond acceptors (Lipinski definition) is 4. The van der Waals surface area contributed by atoms with E-state index >= 15 is 0 Å². The Morgan fingerprint density at radius 3 is 2.54 bits per heavy atom. The van der Waals surface area contributed by atoms with Gasteiger partial charge in [-0.3, -0.25) is 4.79 Å². The van der Waals surface area contributed by atoms with E-state index in [4.69, 9.17) is 0 Å². The Labute approximate surface area is 136 Å². The number of fused-ring (bicyclic) bond motifs is 1. The Morgan fingerprint density at radius 2 is 1.83 bits per heavy atom. The second-order valence-electron chi connectivity index (χ2n) is 5.17. The molecule has 5 nitrogen and oxygen atoms in total. The van der Waals surface area contributed by atoms with Crippen LogP contribution in [-0.2, 0) is 20.4 Å². The summed E-state index contributed by atoms with van der Waals surface area (Å²) in [5.41, 5.74) is 0.187. The Kier molecular flexibility index (Phi) is 3.84. The molecule has 1 aliphatic heterocycles. The summed E-state index contributed by atoms with van der Waals surface area (Å²) in [5.74, 6) is -4.24. The maximum Gasteiger partial charge on any atom is 0.271 e. The van der Waals surface area contributed by atoms with E-state index in [2.05, 4.69) is 0 Å². The zero-order valence-corrected chi connectivity index (χ0v) is 12.9. The largest absolute Gasteiger partial charge is 0.506 e. The molecule has 0 atom stereocenters. The Balaban J connectivity index is 2.05. The number of aliphatic hydroxyl groups excluding tert-OH is 1. The van der Waals surface area contributed by atoms with Crippen LogP contribution < -0.4 is 5.32 Å². The number of carbonyl (C=O) groups is 1. The third-order valence-electron chi connectivity index (χ3n) is 3.53. The third-order valence-corrected chi connectivity index (χ3v) is 5.22. The molecule has 0 bridgehead atoms. The quantitative estimate of drug-likeness (QED) is 0.871. The van der Waals surface area contributed by atoms with E-state index in [9.17, 15) is 27.1 Å². The molecule has 0 radical (unpaired) electrons. The molecule has 0 saturated carbocycles. The number of amides is 1. The number of rotatable bonds is 2. The minimum absolute atomic E-state index is 0.219. The molecule has 124 valence electrons. The van der Waals surface area contributed by atoms with Gasteiger partial charge in [0.15, 0.2) is 14.7 Å². The second-order valence-corrected chi connectivity index (χ2v) is 7.10. The van der Waals surface area contributed by atoms with Crippen LogP contribution in [-0.4, -0.2) is 19.4 Å². The Bertz CT molecular complexity index is 983. The molecule has 8 heteroatoms. The first-order chi connectivity index (χ1) is 11.3. The first-order valence-electron chi connectivity index (χ1n) is 6.80. The average molecular weight is 351 g/mol. The third kappa shape index (κ3) is 2.76. The SMILES string of the molecule is O=C(Nc1ccc(F)cc1F)C1=C(O)c2ccccc2CS1(=O)=O. The van der Waals surface area contributed by atoms with Crippen LogP contribution in [0.3, 0.4) is 0 Å². The fourth-order valence-electron chi connectivity index (χ4n) is 2.44. The van der Waals surface area contributed by atoms with Crippen molar-refractivity contribution in [2.24, 2.45) is 0 Å². The molecule has 1 amide bonds. The van der Waals surface area contributed by atoms with Gasteiger partial charge in [0.05, 0.1) is 11.4 Å². The lowest BCUT2D eigenvalue weighted by atomic mass is 10.1. The van der Waals surface area contributed by atoms with Gasteiger partial charge in [0.1, 0.15) is 17.4 Å². The van der Waals surface area contributed by atoms with Crippen LogP contribution in [0, 0.1) is 11.6 Å². The molecular weight excluding hydrogens is 340 g/mol. The molecule has 2 aromatic carbocycles. The smallest absolute Gasteiger partial charge is 0.271 e. The highest BCUT2D eigenvalue weighted by atomic mass is 32.2. The minimum atomic E-state index is -4.11. The number of carbonyl (C=O) groups excluding carboxylic acids is 1. The van der Waals surface area contributed by atoms with Crippen molar-refractivity contribution in [2.75, 3.05) is 5.32 Å². The van der Waals surface area contributed by atoms with Crippen molar-refractivity contribution in [1.82, 2.24) is 0 Å². The van der Waals surface area contributed by atoms with Crippen LogP contribution in [0.25, 0.3) is 5.76 Å². The number of aliphatic hydroxyl groups is 1. The molecule has 0 aliphatic carbocycles. The van der Waals surface area contributed by atoms with Crippen LogP contribution >= 0.6 is 0 Å². The molecule has 3 rings (SSSR count). The molecule has 2 N–H and O–H groups in total. The van der Waals surface area contributed by atoms with Crippen molar-refractivity contribution in [3.63, 3.8) is 0 Å². The second kappa shape index (κ2) is 5.72. The number of sulfone groups is 1. The lowest BCUT2D eigenvalue weighted by Crippen LogP contribution is -2.27. The van der Waals surface area contributed by atoms with Gasteiger partial charge in [0.2, 0.25) is 0 Å². The number of nitrogens with one attached hydrogen (secondary N) is 1. The van der Waals surface area contributed by atoms with Gasteiger partial charge in [-0.2, -0.15) is 0 Å². The average Bonchev–Trinajstić information content (AvgIpc) is 2.49. The number of anilines is 1. The van der Waals surface area contributed by atoms with Gasteiger partial charge < -0.3 is 10.4 Å². The van der Waals surface area contributed by atoms with Gasteiger partial charge >= 0.3 is 0 Å². The van der Waals surface area contributed by atoms with Crippen molar-refractivity contribution < 1.29 is 27.1 Å². The molecule has 0 fully saturated rings. The first kappa shape index (κ1) is 16.1. The summed E-state index contributed by atoms with van der Waals surface area (Å²) < 4.78 is 51.1. The van der Waals surface area contributed by atoms with Crippen LogP contribution in [0.1, 0.15) is 11.1 Å². The lowest BCUT2D eigenvalue weighted by molar-refractivity contribution is -0.112. The fourth-order valence-corrected chi connectivity index (χ4v) is 3.99. The van der Waals surface area contributed by atoms with Gasteiger partial charge in [0, 0.05) is 11.6 Å². The molecule has 1 heterocycles. The highest BCUT2D eigenvalue weighted by Gasteiger charge is 2.35. The highest BCUT2D eigenvalue weighted by molar-refractivity contribution is 7.95. The maximum absolute atomic E-state index is 13.6. The van der Waals surface area contributed by atoms with E-state index < -0.39 is 49.5 Å². The van der Waals surface area contributed by atoms with Crippen molar-refractivity contribution in [3.8, 4) is 0 Å². The standard InChI is InChI=1S/C16H11F2NO4S/c17-10-5-6-13(12(18)7-10)19-16(21)15-14(20)11-4-2-1-3-9(11)8-24(15,22)23/h1-7,20H,8H2,(H,19,21). The Morgan fingerprint density at radius 1 is 1.12 bits per heavy atom. The van der Waals surface area contributed by atoms with Crippen LogP contribution in [0.15, 0.2) is 47.4 Å².